The molecule has 0 bridgehead atoms. The van der Waals surface area contributed by atoms with Gasteiger partial charge in [-0.05, 0) is 17.4 Å². The molecule has 2 N–H and O–H groups in total. The van der Waals surface area contributed by atoms with Gasteiger partial charge in [-0.25, -0.2) is 4.79 Å². The molecule has 1 rings (SSSR count). The molecule has 1 unspecified atom stereocenters. The zero-order valence-corrected chi connectivity index (χ0v) is 9.33. The summed E-state index contributed by atoms with van der Waals surface area (Å²) in [6.07, 6.45) is 0.883. The predicted molar refractivity (Wildman–Crippen MR) is 61.0 cm³/mol. The van der Waals surface area contributed by atoms with Crippen LogP contribution in [0.1, 0.15) is 11.1 Å². The van der Waals surface area contributed by atoms with Crippen molar-refractivity contribution in [1.29, 1.82) is 0 Å². The summed E-state index contributed by atoms with van der Waals surface area (Å²) in [4.78, 5) is 10.4. The van der Waals surface area contributed by atoms with Crippen molar-refractivity contribution in [3.8, 4) is 0 Å². The smallest absolute Gasteiger partial charge is 0.332 e. The Morgan fingerprint density at radius 1 is 1.33 bits per heavy atom. The monoisotopic (exact) mass is 226 g/mol. The highest BCUT2D eigenvalue weighted by molar-refractivity contribution is 7.97. The third-order valence-electron chi connectivity index (χ3n) is 2.05. The molecule has 4 heteroatoms. The van der Waals surface area contributed by atoms with E-state index in [0.29, 0.717) is 0 Å². The average Bonchev–Trinajstić information content (AvgIpc) is 2.21. The highest BCUT2D eigenvalue weighted by atomic mass is 32.2. The Hall–Kier alpha value is -1.00. The number of carboxylic acid groups (broad SMARTS) is 1. The van der Waals surface area contributed by atoms with Crippen LogP contribution in [0, 0.1) is 0 Å². The summed E-state index contributed by atoms with van der Waals surface area (Å²) < 4.78 is 0. The first-order valence-electron chi connectivity index (χ1n) is 4.61. The molecule has 0 spiro atoms. The standard InChI is InChI=1S/C11H14O3S/c1-15-7-9-4-2-8(3-5-9)6-10(12)11(13)14/h2-5,10,12H,6-7H2,1H3,(H,13,14). The quantitative estimate of drug-likeness (QED) is 0.799. The highest BCUT2D eigenvalue weighted by Gasteiger charge is 2.13. The Bertz CT molecular complexity index is 321. The lowest BCUT2D eigenvalue weighted by Crippen LogP contribution is -2.21. The van der Waals surface area contributed by atoms with E-state index in [1.165, 1.54) is 5.56 Å². The lowest BCUT2D eigenvalue weighted by Gasteiger charge is -2.06. The van der Waals surface area contributed by atoms with Gasteiger partial charge in [0.2, 0.25) is 0 Å². The normalized spacial score (nSPS) is 12.4. The fourth-order valence-corrected chi connectivity index (χ4v) is 1.77. The van der Waals surface area contributed by atoms with E-state index in [1.54, 1.807) is 11.8 Å². The first-order chi connectivity index (χ1) is 7.13. The van der Waals surface area contributed by atoms with E-state index in [9.17, 15) is 4.79 Å². The summed E-state index contributed by atoms with van der Waals surface area (Å²) in [5.41, 5.74) is 2.05. The molecule has 0 radical (unpaired) electrons. The second-order valence-corrected chi connectivity index (χ2v) is 4.17. The molecule has 15 heavy (non-hydrogen) atoms. The Balaban J connectivity index is 2.60. The molecule has 0 aliphatic rings. The maximum atomic E-state index is 10.4. The minimum Gasteiger partial charge on any atom is -0.479 e. The maximum Gasteiger partial charge on any atom is 0.332 e. The number of benzene rings is 1. The number of aliphatic hydroxyl groups is 1. The maximum absolute atomic E-state index is 10.4. The van der Waals surface area contributed by atoms with Gasteiger partial charge in [-0.15, -0.1) is 0 Å². The van der Waals surface area contributed by atoms with Gasteiger partial charge >= 0.3 is 5.97 Å². The summed E-state index contributed by atoms with van der Waals surface area (Å²) >= 11 is 1.74. The highest BCUT2D eigenvalue weighted by Crippen LogP contribution is 2.11. The van der Waals surface area contributed by atoms with E-state index < -0.39 is 12.1 Å². The van der Waals surface area contributed by atoms with Gasteiger partial charge in [-0.3, -0.25) is 0 Å². The fraction of sp³-hybridized carbons (Fsp3) is 0.364. The van der Waals surface area contributed by atoms with E-state index in [-0.39, 0.29) is 6.42 Å². The first kappa shape index (κ1) is 12.1. The van der Waals surface area contributed by atoms with Crippen LogP contribution in [0.5, 0.6) is 0 Å². The minimum atomic E-state index is -1.31. The summed E-state index contributed by atoms with van der Waals surface area (Å²) in [6.45, 7) is 0. The van der Waals surface area contributed by atoms with Crippen LogP contribution in [0.25, 0.3) is 0 Å². The van der Waals surface area contributed by atoms with Crippen LogP contribution in [0.2, 0.25) is 0 Å². The lowest BCUT2D eigenvalue weighted by molar-refractivity contribution is -0.146. The second kappa shape index (κ2) is 5.78. The molecule has 0 amide bonds. The SMILES string of the molecule is CSCc1ccc(CC(O)C(=O)O)cc1. The molecule has 0 aliphatic carbocycles. The number of carbonyl (C=O) groups is 1. The average molecular weight is 226 g/mol. The van der Waals surface area contributed by atoms with E-state index in [4.69, 9.17) is 10.2 Å². The number of aliphatic carboxylic acids is 1. The largest absolute Gasteiger partial charge is 0.479 e. The molecule has 1 aromatic rings. The number of carboxylic acids is 1. The molecule has 1 aromatic carbocycles. The van der Waals surface area contributed by atoms with Crippen LogP contribution in [0.4, 0.5) is 0 Å². The third kappa shape index (κ3) is 3.93. The van der Waals surface area contributed by atoms with E-state index >= 15 is 0 Å². The zero-order valence-electron chi connectivity index (χ0n) is 8.51. The Morgan fingerprint density at radius 3 is 2.33 bits per heavy atom. The first-order valence-corrected chi connectivity index (χ1v) is 6.00. The number of hydrogen-bond acceptors (Lipinski definition) is 3. The van der Waals surface area contributed by atoms with Gasteiger partial charge in [0.15, 0.2) is 6.10 Å². The second-order valence-electron chi connectivity index (χ2n) is 3.31. The molecule has 0 saturated carbocycles. The van der Waals surface area contributed by atoms with E-state index in [1.807, 2.05) is 30.5 Å². The van der Waals surface area contributed by atoms with Crippen LogP contribution in [0.3, 0.4) is 0 Å². The molecule has 0 aliphatic heterocycles. The van der Waals surface area contributed by atoms with Crippen LogP contribution in [-0.4, -0.2) is 28.5 Å². The van der Waals surface area contributed by atoms with Crippen LogP contribution in [-0.2, 0) is 17.0 Å². The van der Waals surface area contributed by atoms with Gasteiger partial charge in [0.1, 0.15) is 0 Å². The summed E-state index contributed by atoms with van der Waals surface area (Å²) in [5, 5.41) is 17.7. The van der Waals surface area contributed by atoms with E-state index in [2.05, 4.69) is 0 Å². The Morgan fingerprint density at radius 2 is 1.87 bits per heavy atom. The van der Waals surface area contributed by atoms with E-state index in [0.717, 1.165) is 11.3 Å². The van der Waals surface area contributed by atoms with Crippen LogP contribution in [0.15, 0.2) is 24.3 Å². The zero-order chi connectivity index (χ0) is 11.3. The molecular weight excluding hydrogens is 212 g/mol. The summed E-state index contributed by atoms with van der Waals surface area (Å²) in [5.74, 6) is -0.231. The summed E-state index contributed by atoms with van der Waals surface area (Å²) in [6, 6.07) is 7.64. The molecule has 0 saturated heterocycles. The third-order valence-corrected chi connectivity index (χ3v) is 2.67. The summed E-state index contributed by atoms with van der Waals surface area (Å²) in [7, 11) is 0. The van der Waals surface area contributed by atoms with Crippen molar-refractivity contribution in [2.24, 2.45) is 0 Å². The molecule has 0 heterocycles. The van der Waals surface area contributed by atoms with Gasteiger partial charge in [0, 0.05) is 12.2 Å². The van der Waals surface area contributed by atoms with Crippen molar-refractivity contribution < 1.29 is 15.0 Å². The number of rotatable bonds is 5. The molecule has 0 aromatic heterocycles. The number of thioether (sulfide) groups is 1. The predicted octanol–water partition coefficient (Wildman–Crippen LogP) is 1.54. The number of hydrogen-bond donors (Lipinski definition) is 2. The Kier molecular flexibility index (Phi) is 4.65. The number of aliphatic hydroxyl groups excluding tert-OH is 1. The lowest BCUT2D eigenvalue weighted by atomic mass is 10.1. The van der Waals surface area contributed by atoms with Gasteiger partial charge < -0.3 is 10.2 Å². The van der Waals surface area contributed by atoms with Crippen molar-refractivity contribution in [3.63, 3.8) is 0 Å². The molecular formula is C11H14O3S. The molecule has 0 fully saturated rings. The van der Waals surface area contributed by atoms with Crippen molar-refractivity contribution in [3.05, 3.63) is 35.4 Å². The van der Waals surface area contributed by atoms with Crippen molar-refractivity contribution in [2.75, 3.05) is 6.26 Å². The topological polar surface area (TPSA) is 57.5 Å². The van der Waals surface area contributed by atoms with Gasteiger partial charge in [-0.1, -0.05) is 24.3 Å². The Labute approximate surface area is 93.1 Å². The van der Waals surface area contributed by atoms with Gasteiger partial charge in [0.25, 0.3) is 0 Å². The molecule has 3 nitrogen and oxygen atoms in total. The van der Waals surface area contributed by atoms with Crippen LogP contribution < -0.4 is 0 Å². The minimum absolute atomic E-state index is 0.162. The van der Waals surface area contributed by atoms with Crippen molar-refractivity contribution in [2.45, 2.75) is 18.3 Å². The van der Waals surface area contributed by atoms with Gasteiger partial charge in [-0.2, -0.15) is 11.8 Å². The van der Waals surface area contributed by atoms with Crippen molar-refractivity contribution >= 4 is 17.7 Å². The van der Waals surface area contributed by atoms with Crippen LogP contribution >= 0.6 is 11.8 Å². The van der Waals surface area contributed by atoms with Crippen molar-refractivity contribution in [1.82, 2.24) is 0 Å². The molecule has 82 valence electrons. The molecule has 1 atom stereocenters. The fourth-order valence-electron chi connectivity index (χ4n) is 1.25. The van der Waals surface area contributed by atoms with Gasteiger partial charge in [0.05, 0.1) is 0 Å².